The number of fused-ring (bicyclic) bond motifs is 1. The zero-order valence-corrected chi connectivity index (χ0v) is 15.7. The maximum atomic E-state index is 4.37. The maximum Gasteiger partial charge on any atom is 0.226 e. The Bertz CT molecular complexity index is 886. The highest BCUT2D eigenvalue weighted by molar-refractivity contribution is 14.1. The van der Waals surface area contributed by atoms with Gasteiger partial charge in [0.2, 0.25) is 5.95 Å². The highest BCUT2D eigenvalue weighted by atomic mass is 127. The molecule has 3 aromatic rings. The van der Waals surface area contributed by atoms with E-state index in [9.17, 15) is 0 Å². The Balaban J connectivity index is 1.81. The zero-order chi connectivity index (χ0) is 15.8. The lowest BCUT2D eigenvalue weighted by molar-refractivity contribution is 0.611. The van der Waals surface area contributed by atoms with E-state index in [0.717, 1.165) is 27.2 Å². The van der Waals surface area contributed by atoms with Crippen LogP contribution in [0.15, 0.2) is 65.4 Å². The van der Waals surface area contributed by atoms with Gasteiger partial charge in [-0.15, -0.1) is 0 Å². The molecule has 0 saturated carbocycles. The van der Waals surface area contributed by atoms with Crippen LogP contribution >= 0.6 is 38.5 Å². The Labute approximate surface area is 155 Å². The topological polar surface area (TPSA) is 42.7 Å². The van der Waals surface area contributed by atoms with Gasteiger partial charge in [-0.3, -0.25) is 0 Å². The van der Waals surface area contributed by atoms with E-state index in [0.29, 0.717) is 0 Å². The van der Waals surface area contributed by atoms with Crippen LogP contribution in [0.5, 0.6) is 0 Å². The van der Waals surface area contributed by atoms with Crippen LogP contribution in [-0.2, 0) is 0 Å². The largest absolute Gasteiger partial charge is 0.324 e. The van der Waals surface area contributed by atoms with Gasteiger partial charge in [0, 0.05) is 13.7 Å². The highest BCUT2D eigenvalue weighted by Gasteiger charge is 2.23. The predicted molar refractivity (Wildman–Crippen MR) is 103 cm³/mol. The molecule has 1 aliphatic rings. The van der Waals surface area contributed by atoms with Crippen molar-refractivity contribution < 1.29 is 0 Å². The molecular weight excluding hydrogens is 467 g/mol. The molecule has 2 aromatic carbocycles. The molecule has 1 aromatic heterocycles. The minimum absolute atomic E-state index is 0.0144. The van der Waals surface area contributed by atoms with Crippen LogP contribution in [-0.4, -0.2) is 14.8 Å². The SMILES string of the molecule is Brc1cccc([C@@H]2C=C(c3ccc(I)cc3)Nc3ncnn32)c1. The molecule has 0 amide bonds. The van der Waals surface area contributed by atoms with Gasteiger partial charge in [0.05, 0.1) is 0 Å². The third kappa shape index (κ3) is 2.92. The van der Waals surface area contributed by atoms with E-state index in [1.165, 1.54) is 3.57 Å². The molecule has 0 fully saturated rings. The number of halogens is 2. The minimum Gasteiger partial charge on any atom is -0.324 e. The Hall–Kier alpha value is -1.67. The van der Waals surface area contributed by atoms with Crippen molar-refractivity contribution in [3.63, 3.8) is 0 Å². The van der Waals surface area contributed by atoms with Crippen LogP contribution in [0.3, 0.4) is 0 Å². The lowest BCUT2D eigenvalue weighted by Crippen LogP contribution is -2.20. The molecule has 1 N–H and O–H groups in total. The standard InChI is InChI=1S/C17H12BrIN4/c18-13-3-1-2-12(8-13)16-9-15(11-4-6-14(19)7-5-11)22-17-20-10-21-23(16)17/h1-10,16H,(H,20,21,22)/t16-/m0/s1. The van der Waals surface area contributed by atoms with Crippen LogP contribution in [0.25, 0.3) is 5.70 Å². The Morgan fingerprint density at radius 3 is 2.74 bits per heavy atom. The van der Waals surface area contributed by atoms with E-state index < -0.39 is 0 Å². The molecule has 0 saturated heterocycles. The van der Waals surface area contributed by atoms with E-state index in [1.54, 1.807) is 6.33 Å². The van der Waals surface area contributed by atoms with Crippen molar-refractivity contribution in [2.75, 3.05) is 5.32 Å². The smallest absolute Gasteiger partial charge is 0.226 e. The molecule has 0 unspecified atom stereocenters. The van der Waals surface area contributed by atoms with Gasteiger partial charge in [-0.05, 0) is 64.1 Å². The fourth-order valence-electron chi connectivity index (χ4n) is 2.66. The number of rotatable bonds is 2. The van der Waals surface area contributed by atoms with E-state index in [4.69, 9.17) is 0 Å². The Morgan fingerprint density at radius 2 is 1.96 bits per heavy atom. The highest BCUT2D eigenvalue weighted by Crippen LogP contribution is 2.32. The minimum atomic E-state index is 0.0144. The second-order valence-electron chi connectivity index (χ2n) is 5.24. The first-order chi connectivity index (χ1) is 11.2. The summed E-state index contributed by atoms with van der Waals surface area (Å²) in [4.78, 5) is 4.33. The summed E-state index contributed by atoms with van der Waals surface area (Å²) < 4.78 is 4.17. The monoisotopic (exact) mass is 478 g/mol. The van der Waals surface area contributed by atoms with E-state index in [2.05, 4.69) is 96.4 Å². The third-order valence-corrected chi connectivity index (χ3v) is 4.97. The van der Waals surface area contributed by atoms with Gasteiger partial charge < -0.3 is 5.32 Å². The van der Waals surface area contributed by atoms with Crippen molar-refractivity contribution in [3.05, 3.63) is 80.1 Å². The van der Waals surface area contributed by atoms with Gasteiger partial charge in [0.25, 0.3) is 0 Å². The second-order valence-corrected chi connectivity index (χ2v) is 7.40. The first kappa shape index (κ1) is 14.9. The summed E-state index contributed by atoms with van der Waals surface area (Å²) in [5, 5.41) is 7.73. The first-order valence-electron chi connectivity index (χ1n) is 7.10. The van der Waals surface area contributed by atoms with Crippen molar-refractivity contribution in [3.8, 4) is 0 Å². The molecule has 114 valence electrons. The summed E-state index contributed by atoms with van der Waals surface area (Å²) in [6.45, 7) is 0. The predicted octanol–water partition coefficient (Wildman–Crippen LogP) is 4.70. The lowest BCUT2D eigenvalue weighted by atomic mass is 10.0. The van der Waals surface area contributed by atoms with E-state index >= 15 is 0 Å². The molecule has 4 rings (SSSR count). The van der Waals surface area contributed by atoms with Gasteiger partial charge in [-0.2, -0.15) is 10.1 Å². The molecule has 1 aliphatic heterocycles. The fourth-order valence-corrected chi connectivity index (χ4v) is 3.44. The van der Waals surface area contributed by atoms with Crippen molar-refractivity contribution in [2.45, 2.75) is 6.04 Å². The van der Waals surface area contributed by atoms with Gasteiger partial charge >= 0.3 is 0 Å². The van der Waals surface area contributed by atoms with Crippen LogP contribution in [0.4, 0.5) is 5.95 Å². The van der Waals surface area contributed by atoms with Crippen LogP contribution in [0, 0.1) is 3.57 Å². The van der Waals surface area contributed by atoms with Gasteiger partial charge in [0.15, 0.2) is 0 Å². The Kier molecular flexibility index (Phi) is 3.94. The molecule has 4 nitrogen and oxygen atoms in total. The average molecular weight is 479 g/mol. The van der Waals surface area contributed by atoms with Crippen molar-refractivity contribution in [1.29, 1.82) is 0 Å². The molecule has 0 bridgehead atoms. The van der Waals surface area contributed by atoms with E-state index in [1.807, 2.05) is 16.8 Å². The maximum absolute atomic E-state index is 4.37. The number of aromatic nitrogens is 3. The number of nitrogens with zero attached hydrogens (tertiary/aromatic N) is 3. The molecule has 0 aliphatic carbocycles. The summed E-state index contributed by atoms with van der Waals surface area (Å²) in [6, 6.07) is 16.7. The molecular formula is C17H12BrIN4. The number of anilines is 1. The number of allylic oxidation sites excluding steroid dienone is 1. The molecule has 2 heterocycles. The summed E-state index contributed by atoms with van der Waals surface area (Å²) in [5.74, 6) is 0.756. The third-order valence-electron chi connectivity index (χ3n) is 3.75. The zero-order valence-electron chi connectivity index (χ0n) is 11.9. The normalized spacial score (nSPS) is 16.4. The summed E-state index contributed by atoms with van der Waals surface area (Å²) in [7, 11) is 0. The van der Waals surface area contributed by atoms with Gasteiger partial charge in [0.1, 0.15) is 12.4 Å². The van der Waals surface area contributed by atoms with Crippen molar-refractivity contribution in [1.82, 2.24) is 14.8 Å². The number of benzene rings is 2. The number of hydrogen-bond donors (Lipinski definition) is 1. The van der Waals surface area contributed by atoms with Gasteiger partial charge in [-0.25, -0.2) is 4.68 Å². The van der Waals surface area contributed by atoms with Crippen molar-refractivity contribution in [2.24, 2.45) is 0 Å². The number of nitrogens with one attached hydrogen (secondary N) is 1. The Morgan fingerprint density at radius 1 is 1.13 bits per heavy atom. The molecule has 1 atom stereocenters. The average Bonchev–Trinajstić information content (AvgIpc) is 3.03. The second kappa shape index (κ2) is 6.09. The van der Waals surface area contributed by atoms with E-state index in [-0.39, 0.29) is 6.04 Å². The molecule has 6 heteroatoms. The molecule has 23 heavy (non-hydrogen) atoms. The van der Waals surface area contributed by atoms with Crippen LogP contribution in [0.2, 0.25) is 0 Å². The summed E-state index contributed by atoms with van der Waals surface area (Å²) in [6.07, 6.45) is 3.77. The molecule has 0 radical (unpaired) electrons. The summed E-state index contributed by atoms with van der Waals surface area (Å²) >= 11 is 5.86. The number of hydrogen-bond acceptors (Lipinski definition) is 3. The fraction of sp³-hybridized carbons (Fsp3) is 0.0588. The summed E-state index contributed by atoms with van der Waals surface area (Å²) in [5.41, 5.74) is 3.35. The molecule has 0 spiro atoms. The van der Waals surface area contributed by atoms with Crippen LogP contribution in [0.1, 0.15) is 17.2 Å². The van der Waals surface area contributed by atoms with Gasteiger partial charge in [-0.1, -0.05) is 40.2 Å². The van der Waals surface area contributed by atoms with Crippen molar-refractivity contribution >= 4 is 50.2 Å². The van der Waals surface area contributed by atoms with Crippen LogP contribution < -0.4 is 5.32 Å². The quantitative estimate of drug-likeness (QED) is 0.543. The first-order valence-corrected chi connectivity index (χ1v) is 8.97. The lowest BCUT2D eigenvalue weighted by Gasteiger charge is -2.24.